The van der Waals surface area contributed by atoms with Gasteiger partial charge in [-0.05, 0) is 30.5 Å². The molecule has 1 N–H and O–H groups in total. The van der Waals surface area contributed by atoms with Crippen LogP contribution >= 0.6 is 15.9 Å². The lowest BCUT2D eigenvalue weighted by molar-refractivity contribution is -0.141. The van der Waals surface area contributed by atoms with Gasteiger partial charge in [0.15, 0.2) is 0 Å². The Bertz CT molecular complexity index is 427. The third kappa shape index (κ3) is 3.07. The van der Waals surface area contributed by atoms with Crippen LogP contribution in [0.3, 0.4) is 0 Å². The number of hydrogen-bond acceptors (Lipinski definition) is 2. The average Bonchev–Trinajstić information content (AvgIpc) is 2.26. The van der Waals surface area contributed by atoms with Gasteiger partial charge >= 0.3 is 0 Å². The SMILES string of the molecule is Cc1cc(CCC(=O)N2CC(O)C2)ccc1Br. The highest BCUT2D eigenvalue weighted by Crippen LogP contribution is 2.18. The van der Waals surface area contributed by atoms with Crippen LogP contribution in [0.1, 0.15) is 17.5 Å². The third-order valence-electron chi connectivity index (χ3n) is 3.06. The Balaban J connectivity index is 1.85. The number of β-amino-alcohol motifs (C(OH)–C–C–N with tert-alkyl or cyclic N) is 1. The van der Waals surface area contributed by atoms with Crippen LogP contribution in [0.4, 0.5) is 0 Å². The average molecular weight is 298 g/mol. The normalized spacial score (nSPS) is 15.8. The highest BCUT2D eigenvalue weighted by atomic mass is 79.9. The summed E-state index contributed by atoms with van der Waals surface area (Å²) in [6, 6.07) is 6.15. The van der Waals surface area contributed by atoms with Crippen molar-refractivity contribution >= 4 is 21.8 Å². The van der Waals surface area contributed by atoms with Crippen LogP contribution in [0.2, 0.25) is 0 Å². The van der Waals surface area contributed by atoms with Gasteiger partial charge < -0.3 is 10.0 Å². The van der Waals surface area contributed by atoms with Gasteiger partial charge in [0.05, 0.1) is 6.10 Å². The van der Waals surface area contributed by atoms with E-state index in [1.165, 1.54) is 11.1 Å². The van der Waals surface area contributed by atoms with Gasteiger partial charge in [-0.2, -0.15) is 0 Å². The van der Waals surface area contributed by atoms with Crippen molar-refractivity contribution in [1.82, 2.24) is 4.90 Å². The molecule has 1 aromatic rings. The summed E-state index contributed by atoms with van der Waals surface area (Å²) in [6.07, 6.45) is 0.974. The summed E-state index contributed by atoms with van der Waals surface area (Å²) >= 11 is 3.46. The minimum absolute atomic E-state index is 0.135. The molecule has 0 atom stereocenters. The Morgan fingerprint density at radius 1 is 1.53 bits per heavy atom. The smallest absolute Gasteiger partial charge is 0.223 e. The molecular weight excluding hydrogens is 282 g/mol. The van der Waals surface area contributed by atoms with Gasteiger partial charge in [0.2, 0.25) is 5.91 Å². The van der Waals surface area contributed by atoms with Crippen LogP contribution in [0.5, 0.6) is 0 Å². The number of likely N-dealkylation sites (tertiary alicyclic amines) is 1. The lowest BCUT2D eigenvalue weighted by Gasteiger charge is -2.35. The molecule has 4 heteroatoms. The first-order valence-corrected chi connectivity index (χ1v) is 6.56. The molecule has 1 aliphatic heterocycles. The molecule has 0 unspecified atom stereocenters. The van der Waals surface area contributed by atoms with Crippen molar-refractivity contribution in [3.05, 3.63) is 33.8 Å². The van der Waals surface area contributed by atoms with Gasteiger partial charge in [-0.3, -0.25) is 4.79 Å². The molecule has 1 aromatic carbocycles. The van der Waals surface area contributed by atoms with Crippen molar-refractivity contribution in [3.8, 4) is 0 Å². The maximum atomic E-state index is 11.7. The lowest BCUT2D eigenvalue weighted by atomic mass is 10.1. The number of carbonyl (C=O) groups is 1. The molecule has 1 heterocycles. The highest BCUT2D eigenvalue weighted by Gasteiger charge is 2.27. The number of aliphatic hydroxyl groups excluding tert-OH is 1. The molecule has 0 bridgehead atoms. The quantitative estimate of drug-likeness (QED) is 0.926. The summed E-state index contributed by atoms with van der Waals surface area (Å²) in [7, 11) is 0. The van der Waals surface area contributed by atoms with Gasteiger partial charge in [-0.15, -0.1) is 0 Å². The first-order valence-electron chi connectivity index (χ1n) is 5.77. The van der Waals surface area contributed by atoms with Crippen molar-refractivity contribution in [2.75, 3.05) is 13.1 Å². The monoisotopic (exact) mass is 297 g/mol. The molecule has 3 nitrogen and oxygen atoms in total. The first kappa shape index (κ1) is 12.6. The van der Waals surface area contributed by atoms with Gasteiger partial charge in [0.1, 0.15) is 0 Å². The van der Waals surface area contributed by atoms with Gasteiger partial charge in [-0.25, -0.2) is 0 Å². The summed E-state index contributed by atoms with van der Waals surface area (Å²) in [5, 5.41) is 9.12. The van der Waals surface area contributed by atoms with Crippen LogP contribution in [-0.2, 0) is 11.2 Å². The number of aryl methyl sites for hydroxylation is 2. The molecule has 0 spiro atoms. The fraction of sp³-hybridized carbons (Fsp3) is 0.462. The number of amides is 1. The lowest BCUT2D eigenvalue weighted by Crippen LogP contribution is -2.53. The summed E-state index contributed by atoms with van der Waals surface area (Å²) in [4.78, 5) is 13.4. The van der Waals surface area contributed by atoms with Crippen molar-refractivity contribution < 1.29 is 9.90 Å². The van der Waals surface area contributed by atoms with Crippen LogP contribution < -0.4 is 0 Å². The maximum absolute atomic E-state index is 11.7. The second-order valence-electron chi connectivity index (χ2n) is 4.54. The van der Waals surface area contributed by atoms with E-state index in [0.717, 1.165) is 10.9 Å². The van der Waals surface area contributed by atoms with E-state index < -0.39 is 0 Å². The predicted molar refractivity (Wildman–Crippen MR) is 69.8 cm³/mol. The largest absolute Gasteiger partial charge is 0.389 e. The molecule has 1 saturated heterocycles. The Kier molecular flexibility index (Phi) is 3.84. The fourth-order valence-electron chi connectivity index (χ4n) is 1.93. The van der Waals surface area contributed by atoms with Crippen molar-refractivity contribution in [2.24, 2.45) is 0 Å². The van der Waals surface area contributed by atoms with Gasteiger partial charge in [-0.1, -0.05) is 28.1 Å². The molecule has 2 rings (SSSR count). The molecular formula is C13H16BrNO2. The van der Waals surface area contributed by atoms with E-state index in [0.29, 0.717) is 19.5 Å². The summed E-state index contributed by atoms with van der Waals surface area (Å²) < 4.78 is 1.10. The molecule has 0 aromatic heterocycles. The number of rotatable bonds is 3. The van der Waals surface area contributed by atoms with Crippen molar-refractivity contribution in [3.63, 3.8) is 0 Å². The number of nitrogens with zero attached hydrogens (tertiary/aromatic N) is 1. The summed E-state index contributed by atoms with van der Waals surface area (Å²) in [5.41, 5.74) is 2.37. The molecule has 1 amide bonds. The van der Waals surface area contributed by atoms with E-state index in [4.69, 9.17) is 5.11 Å². The fourth-order valence-corrected chi connectivity index (χ4v) is 2.18. The van der Waals surface area contributed by atoms with Gasteiger partial charge in [0, 0.05) is 24.0 Å². The second kappa shape index (κ2) is 5.19. The minimum Gasteiger partial charge on any atom is -0.389 e. The summed E-state index contributed by atoms with van der Waals surface area (Å²) in [5.74, 6) is 0.135. The number of aliphatic hydroxyl groups is 1. The second-order valence-corrected chi connectivity index (χ2v) is 5.39. The Morgan fingerprint density at radius 2 is 2.24 bits per heavy atom. The predicted octanol–water partition coefficient (Wildman–Crippen LogP) is 1.89. The first-order chi connectivity index (χ1) is 8.06. The number of carbonyl (C=O) groups excluding carboxylic acids is 1. The van der Waals surface area contributed by atoms with E-state index in [-0.39, 0.29) is 12.0 Å². The van der Waals surface area contributed by atoms with Crippen LogP contribution in [-0.4, -0.2) is 35.1 Å². The van der Waals surface area contributed by atoms with Crippen molar-refractivity contribution in [1.29, 1.82) is 0 Å². The van der Waals surface area contributed by atoms with Crippen LogP contribution in [0.15, 0.2) is 22.7 Å². The Labute approximate surface area is 110 Å². The molecule has 0 saturated carbocycles. The third-order valence-corrected chi connectivity index (χ3v) is 3.95. The van der Waals surface area contributed by atoms with E-state index in [1.807, 2.05) is 19.1 Å². The van der Waals surface area contributed by atoms with Crippen LogP contribution in [0, 0.1) is 6.92 Å². The Morgan fingerprint density at radius 3 is 2.82 bits per heavy atom. The van der Waals surface area contributed by atoms with Gasteiger partial charge in [0.25, 0.3) is 0 Å². The molecule has 1 fully saturated rings. The summed E-state index contributed by atoms with van der Waals surface area (Å²) in [6.45, 7) is 3.04. The van der Waals surface area contributed by atoms with E-state index >= 15 is 0 Å². The molecule has 0 aliphatic carbocycles. The van der Waals surface area contributed by atoms with Crippen molar-refractivity contribution in [2.45, 2.75) is 25.9 Å². The number of halogens is 1. The van der Waals surface area contributed by atoms with Crippen LogP contribution in [0.25, 0.3) is 0 Å². The van der Waals surface area contributed by atoms with E-state index in [2.05, 4.69) is 22.0 Å². The minimum atomic E-state index is -0.311. The molecule has 92 valence electrons. The standard InChI is InChI=1S/C13H16BrNO2/c1-9-6-10(2-4-12(9)14)3-5-13(17)15-7-11(16)8-15/h2,4,6,11,16H,3,5,7-8H2,1H3. The molecule has 17 heavy (non-hydrogen) atoms. The molecule has 1 aliphatic rings. The zero-order valence-electron chi connectivity index (χ0n) is 9.82. The Hall–Kier alpha value is -0.870. The zero-order chi connectivity index (χ0) is 12.4. The van der Waals surface area contributed by atoms with E-state index in [1.54, 1.807) is 4.90 Å². The van der Waals surface area contributed by atoms with E-state index in [9.17, 15) is 4.79 Å². The molecule has 0 radical (unpaired) electrons. The topological polar surface area (TPSA) is 40.5 Å². The maximum Gasteiger partial charge on any atom is 0.223 e. The highest BCUT2D eigenvalue weighted by molar-refractivity contribution is 9.10. The number of hydrogen-bond donors (Lipinski definition) is 1. The zero-order valence-corrected chi connectivity index (χ0v) is 11.4. The number of benzene rings is 1.